The second kappa shape index (κ2) is 5.27. The van der Waals surface area contributed by atoms with Crippen LogP contribution in [0, 0.1) is 0 Å². The molecular weight excluding hydrogens is 280 g/mol. The molecule has 0 aliphatic carbocycles. The highest BCUT2D eigenvalue weighted by atomic mass is 16.6. The van der Waals surface area contributed by atoms with Crippen molar-refractivity contribution in [1.29, 1.82) is 0 Å². The normalized spacial score (nSPS) is 16.6. The summed E-state index contributed by atoms with van der Waals surface area (Å²) in [6, 6.07) is 14.7. The zero-order valence-corrected chi connectivity index (χ0v) is 11.8. The van der Waals surface area contributed by atoms with Gasteiger partial charge in [-0.2, -0.15) is 0 Å². The van der Waals surface area contributed by atoms with Gasteiger partial charge in [-0.25, -0.2) is 4.98 Å². The molecule has 0 radical (unpaired) electrons. The fraction of sp³-hybridized carbons (Fsp3) is 0.176. The number of epoxide rings is 1. The van der Waals surface area contributed by atoms with E-state index in [1.54, 1.807) is 12.4 Å². The van der Waals surface area contributed by atoms with E-state index >= 15 is 0 Å². The van der Waals surface area contributed by atoms with Gasteiger partial charge in [0.15, 0.2) is 0 Å². The standard InChI is InChI=1S/C17H14N2O3/c20-17-15-3-1-2-4-16(15)18-11-19(17)12-5-7-13(8-6-12)21-9-14-10-22-14/h1-8,11,14H,9-10H2. The Kier molecular flexibility index (Phi) is 3.12. The number of rotatable bonds is 4. The summed E-state index contributed by atoms with van der Waals surface area (Å²) in [5.74, 6) is 0.765. The molecule has 22 heavy (non-hydrogen) atoms. The number of fused-ring (bicyclic) bond motifs is 1. The third kappa shape index (κ3) is 2.46. The molecular formula is C17H14N2O3. The Labute approximate surface area is 126 Å². The molecule has 5 nitrogen and oxygen atoms in total. The quantitative estimate of drug-likeness (QED) is 0.692. The van der Waals surface area contributed by atoms with E-state index in [0.717, 1.165) is 18.0 Å². The van der Waals surface area contributed by atoms with Crippen LogP contribution in [-0.2, 0) is 4.74 Å². The van der Waals surface area contributed by atoms with Crippen molar-refractivity contribution in [3.63, 3.8) is 0 Å². The highest BCUT2D eigenvalue weighted by Crippen LogP contribution is 2.17. The molecule has 2 heterocycles. The van der Waals surface area contributed by atoms with E-state index in [0.29, 0.717) is 17.5 Å². The van der Waals surface area contributed by atoms with E-state index in [2.05, 4.69) is 4.98 Å². The van der Waals surface area contributed by atoms with Gasteiger partial charge in [-0.3, -0.25) is 9.36 Å². The number of aromatic nitrogens is 2. The van der Waals surface area contributed by atoms with Crippen molar-refractivity contribution in [2.75, 3.05) is 13.2 Å². The number of ether oxygens (including phenoxy) is 2. The van der Waals surface area contributed by atoms with E-state index in [1.165, 1.54) is 4.57 Å². The fourth-order valence-corrected chi connectivity index (χ4v) is 2.31. The first-order valence-corrected chi connectivity index (χ1v) is 7.12. The number of hydrogen-bond donors (Lipinski definition) is 0. The van der Waals surface area contributed by atoms with Gasteiger partial charge in [0, 0.05) is 0 Å². The second-order valence-corrected chi connectivity index (χ2v) is 5.20. The van der Waals surface area contributed by atoms with Crippen LogP contribution in [-0.4, -0.2) is 28.9 Å². The maximum Gasteiger partial charge on any atom is 0.265 e. The van der Waals surface area contributed by atoms with Crippen LogP contribution in [0.2, 0.25) is 0 Å². The largest absolute Gasteiger partial charge is 0.491 e. The zero-order valence-electron chi connectivity index (χ0n) is 11.8. The molecule has 1 atom stereocenters. The maximum atomic E-state index is 12.5. The van der Waals surface area contributed by atoms with Gasteiger partial charge >= 0.3 is 0 Å². The van der Waals surface area contributed by atoms with Crippen molar-refractivity contribution < 1.29 is 9.47 Å². The SMILES string of the molecule is O=c1c2ccccc2ncn1-c1ccc(OCC2CO2)cc1. The molecule has 5 heteroatoms. The van der Waals surface area contributed by atoms with Gasteiger partial charge in [-0.1, -0.05) is 12.1 Å². The third-order valence-corrected chi connectivity index (χ3v) is 3.62. The van der Waals surface area contributed by atoms with Crippen LogP contribution in [0.1, 0.15) is 0 Å². The van der Waals surface area contributed by atoms with Gasteiger partial charge in [0.05, 0.1) is 23.2 Å². The monoisotopic (exact) mass is 294 g/mol. The van der Waals surface area contributed by atoms with E-state index < -0.39 is 0 Å². The molecule has 4 rings (SSSR count). The summed E-state index contributed by atoms with van der Waals surface area (Å²) in [4.78, 5) is 16.8. The Morgan fingerprint density at radius 1 is 1.18 bits per heavy atom. The number of para-hydroxylation sites is 1. The number of hydrogen-bond acceptors (Lipinski definition) is 4. The van der Waals surface area contributed by atoms with E-state index in [1.807, 2.05) is 42.5 Å². The Bertz CT molecular complexity index is 867. The first-order valence-electron chi connectivity index (χ1n) is 7.12. The van der Waals surface area contributed by atoms with Crippen molar-refractivity contribution in [2.45, 2.75) is 6.10 Å². The van der Waals surface area contributed by atoms with E-state index in [-0.39, 0.29) is 11.7 Å². The van der Waals surface area contributed by atoms with Gasteiger partial charge in [0.25, 0.3) is 5.56 Å². The second-order valence-electron chi connectivity index (χ2n) is 5.20. The summed E-state index contributed by atoms with van der Waals surface area (Å²) in [5.41, 5.74) is 1.39. The Morgan fingerprint density at radius 2 is 1.95 bits per heavy atom. The van der Waals surface area contributed by atoms with Crippen molar-refractivity contribution in [3.8, 4) is 11.4 Å². The lowest BCUT2D eigenvalue weighted by molar-refractivity contribution is 0.263. The minimum absolute atomic E-state index is 0.0781. The van der Waals surface area contributed by atoms with Gasteiger partial charge in [0.2, 0.25) is 0 Å². The number of benzene rings is 2. The molecule has 1 aliphatic heterocycles. The van der Waals surface area contributed by atoms with Gasteiger partial charge in [-0.15, -0.1) is 0 Å². The van der Waals surface area contributed by atoms with Crippen LogP contribution >= 0.6 is 0 Å². The van der Waals surface area contributed by atoms with Crippen molar-refractivity contribution in [3.05, 3.63) is 65.2 Å². The lowest BCUT2D eigenvalue weighted by Gasteiger charge is -2.08. The Morgan fingerprint density at radius 3 is 2.73 bits per heavy atom. The molecule has 0 bridgehead atoms. The average Bonchev–Trinajstić information content (AvgIpc) is 3.39. The molecule has 3 aromatic rings. The van der Waals surface area contributed by atoms with Crippen LogP contribution in [0.25, 0.3) is 16.6 Å². The molecule has 0 amide bonds. The topological polar surface area (TPSA) is 56.7 Å². The van der Waals surface area contributed by atoms with E-state index in [9.17, 15) is 4.79 Å². The van der Waals surface area contributed by atoms with Crippen LogP contribution in [0.4, 0.5) is 0 Å². The summed E-state index contributed by atoms with van der Waals surface area (Å²) in [7, 11) is 0. The summed E-state index contributed by atoms with van der Waals surface area (Å²) in [6.07, 6.45) is 1.78. The molecule has 0 saturated carbocycles. The molecule has 1 saturated heterocycles. The Hall–Kier alpha value is -2.66. The molecule has 1 fully saturated rings. The minimum atomic E-state index is -0.0781. The van der Waals surface area contributed by atoms with E-state index in [4.69, 9.17) is 9.47 Å². The number of nitrogens with zero attached hydrogens (tertiary/aromatic N) is 2. The fourth-order valence-electron chi connectivity index (χ4n) is 2.31. The molecule has 110 valence electrons. The first kappa shape index (κ1) is 13.0. The summed E-state index contributed by atoms with van der Waals surface area (Å²) in [6.45, 7) is 1.34. The van der Waals surface area contributed by atoms with Crippen LogP contribution in [0.3, 0.4) is 0 Å². The summed E-state index contributed by atoms with van der Waals surface area (Å²) in [5, 5.41) is 0.608. The first-order chi connectivity index (χ1) is 10.8. The Balaban J connectivity index is 1.66. The highest BCUT2D eigenvalue weighted by molar-refractivity contribution is 5.77. The molecule has 2 aromatic carbocycles. The zero-order chi connectivity index (χ0) is 14.9. The lowest BCUT2D eigenvalue weighted by Crippen LogP contribution is -2.18. The van der Waals surface area contributed by atoms with Gasteiger partial charge in [-0.05, 0) is 36.4 Å². The molecule has 0 spiro atoms. The molecule has 1 aromatic heterocycles. The summed E-state index contributed by atoms with van der Waals surface area (Å²) < 4.78 is 12.2. The average molecular weight is 294 g/mol. The van der Waals surface area contributed by atoms with Gasteiger partial charge in [0.1, 0.15) is 24.8 Å². The van der Waals surface area contributed by atoms with Crippen molar-refractivity contribution in [2.24, 2.45) is 0 Å². The van der Waals surface area contributed by atoms with Crippen LogP contribution in [0.15, 0.2) is 59.7 Å². The summed E-state index contributed by atoms with van der Waals surface area (Å²) >= 11 is 0. The predicted molar refractivity (Wildman–Crippen MR) is 82.6 cm³/mol. The minimum Gasteiger partial charge on any atom is -0.491 e. The smallest absolute Gasteiger partial charge is 0.265 e. The van der Waals surface area contributed by atoms with Gasteiger partial charge < -0.3 is 9.47 Å². The van der Waals surface area contributed by atoms with Crippen LogP contribution in [0.5, 0.6) is 5.75 Å². The van der Waals surface area contributed by atoms with Crippen molar-refractivity contribution >= 4 is 10.9 Å². The third-order valence-electron chi connectivity index (χ3n) is 3.62. The highest BCUT2D eigenvalue weighted by Gasteiger charge is 2.22. The predicted octanol–water partition coefficient (Wildman–Crippen LogP) is 2.16. The molecule has 0 N–H and O–H groups in total. The van der Waals surface area contributed by atoms with Crippen LogP contribution < -0.4 is 10.3 Å². The molecule has 1 unspecified atom stereocenters. The van der Waals surface area contributed by atoms with Crippen molar-refractivity contribution in [1.82, 2.24) is 9.55 Å². The maximum absolute atomic E-state index is 12.5. The lowest BCUT2D eigenvalue weighted by atomic mass is 10.2. The molecule has 1 aliphatic rings.